The number of hydrogen-bond donors (Lipinski definition) is 2. The van der Waals surface area contributed by atoms with Crippen molar-refractivity contribution in [2.45, 2.75) is 32.4 Å². The number of β-amino-alcohol motifs (C(OH)–C–C–N with tert-alkyl or cyclic N) is 1. The molecule has 0 unspecified atom stereocenters. The number of aliphatic hydroxyl groups is 1. The lowest BCUT2D eigenvalue weighted by Gasteiger charge is -2.35. The third-order valence-corrected chi connectivity index (χ3v) is 3.99. The molecule has 2 heterocycles. The third kappa shape index (κ3) is 3.56. The number of rotatable bonds is 4. The van der Waals surface area contributed by atoms with Crippen molar-refractivity contribution in [1.82, 2.24) is 20.0 Å². The van der Waals surface area contributed by atoms with Crippen LogP contribution in [0.5, 0.6) is 0 Å². The normalized spacial score (nSPS) is 23.6. The van der Waals surface area contributed by atoms with E-state index >= 15 is 0 Å². The van der Waals surface area contributed by atoms with Gasteiger partial charge in [0.25, 0.3) is 5.91 Å². The molecule has 0 spiro atoms. The number of urea groups is 1. The molecule has 2 aliphatic heterocycles. The quantitative estimate of drug-likeness (QED) is 0.639. The fraction of sp³-hybridized carbons (Fsp3) is 0.786. The highest BCUT2D eigenvalue weighted by Crippen LogP contribution is 2.16. The fourth-order valence-corrected chi connectivity index (χ4v) is 2.75. The maximum Gasteiger partial charge on any atom is 0.325 e. The summed E-state index contributed by atoms with van der Waals surface area (Å²) < 4.78 is 0. The summed E-state index contributed by atoms with van der Waals surface area (Å²) in [4.78, 5) is 40.8. The zero-order valence-electron chi connectivity index (χ0n) is 13.3. The van der Waals surface area contributed by atoms with E-state index in [-0.39, 0.29) is 18.4 Å². The second kappa shape index (κ2) is 6.21. The highest BCUT2D eigenvalue weighted by atomic mass is 16.3. The summed E-state index contributed by atoms with van der Waals surface area (Å²) in [5.41, 5.74) is -0.951. The molecule has 0 radical (unpaired) electrons. The van der Waals surface area contributed by atoms with E-state index in [4.69, 9.17) is 0 Å². The van der Waals surface area contributed by atoms with Crippen LogP contribution in [0.25, 0.3) is 0 Å². The molecular weight excluding hydrogens is 288 g/mol. The number of amides is 4. The van der Waals surface area contributed by atoms with Crippen LogP contribution in [-0.4, -0.2) is 88.6 Å². The van der Waals surface area contributed by atoms with Crippen molar-refractivity contribution in [3.8, 4) is 0 Å². The van der Waals surface area contributed by atoms with Gasteiger partial charge in [-0.1, -0.05) is 0 Å². The highest BCUT2D eigenvalue weighted by molar-refractivity contribution is 6.08. The standard InChI is InChI=1S/C14H24N4O4/c1-10(19)8-16-4-6-17(7-5-16)11(20)9-18-12(21)14(2,3)15-13(18)22/h10,19H,4-9H2,1-3H3,(H,15,22)/t10-/m0/s1. The zero-order chi connectivity index (χ0) is 16.5. The van der Waals surface area contributed by atoms with E-state index in [0.29, 0.717) is 32.7 Å². The Morgan fingerprint density at radius 3 is 2.32 bits per heavy atom. The molecule has 0 saturated carbocycles. The summed E-state index contributed by atoms with van der Waals surface area (Å²) in [7, 11) is 0. The van der Waals surface area contributed by atoms with E-state index in [2.05, 4.69) is 10.2 Å². The summed E-state index contributed by atoms with van der Waals surface area (Å²) in [6, 6.07) is -0.518. The summed E-state index contributed by atoms with van der Waals surface area (Å²) in [6.07, 6.45) is -0.393. The van der Waals surface area contributed by atoms with Gasteiger partial charge < -0.3 is 15.3 Å². The predicted octanol–water partition coefficient (Wildman–Crippen LogP) is -1.16. The number of imide groups is 1. The van der Waals surface area contributed by atoms with Crippen molar-refractivity contribution in [1.29, 1.82) is 0 Å². The first-order valence-corrected chi connectivity index (χ1v) is 7.53. The Balaban J connectivity index is 1.86. The van der Waals surface area contributed by atoms with Crippen LogP contribution >= 0.6 is 0 Å². The molecule has 22 heavy (non-hydrogen) atoms. The smallest absolute Gasteiger partial charge is 0.325 e. The molecule has 0 aromatic rings. The Labute approximate surface area is 130 Å². The van der Waals surface area contributed by atoms with Crippen molar-refractivity contribution in [2.75, 3.05) is 39.3 Å². The van der Waals surface area contributed by atoms with Crippen LogP contribution in [0.1, 0.15) is 20.8 Å². The minimum absolute atomic E-state index is 0.218. The van der Waals surface area contributed by atoms with Gasteiger partial charge in [-0.25, -0.2) is 4.79 Å². The van der Waals surface area contributed by atoms with Crippen LogP contribution in [0.2, 0.25) is 0 Å². The van der Waals surface area contributed by atoms with Gasteiger partial charge in [0.05, 0.1) is 6.10 Å². The lowest BCUT2D eigenvalue weighted by molar-refractivity contribution is -0.139. The van der Waals surface area contributed by atoms with Crippen LogP contribution < -0.4 is 5.32 Å². The molecule has 2 aliphatic rings. The van der Waals surface area contributed by atoms with Crippen molar-refractivity contribution in [3.63, 3.8) is 0 Å². The summed E-state index contributed by atoms with van der Waals surface area (Å²) in [6.45, 7) is 7.78. The van der Waals surface area contributed by atoms with Gasteiger partial charge in [0.2, 0.25) is 5.91 Å². The molecule has 2 fully saturated rings. The van der Waals surface area contributed by atoms with Crippen LogP contribution in [0.4, 0.5) is 4.79 Å². The van der Waals surface area contributed by atoms with Gasteiger partial charge in [-0.15, -0.1) is 0 Å². The van der Waals surface area contributed by atoms with Gasteiger partial charge >= 0.3 is 6.03 Å². The average molecular weight is 312 g/mol. The predicted molar refractivity (Wildman–Crippen MR) is 79.0 cm³/mol. The van der Waals surface area contributed by atoms with Gasteiger partial charge in [-0.2, -0.15) is 0 Å². The van der Waals surface area contributed by atoms with Crippen molar-refractivity contribution in [3.05, 3.63) is 0 Å². The molecule has 2 rings (SSSR count). The molecule has 1 atom stereocenters. The third-order valence-electron chi connectivity index (χ3n) is 3.99. The zero-order valence-corrected chi connectivity index (χ0v) is 13.3. The van der Waals surface area contributed by atoms with E-state index in [1.165, 1.54) is 0 Å². The van der Waals surface area contributed by atoms with Gasteiger partial charge in [0.15, 0.2) is 0 Å². The molecule has 0 bridgehead atoms. The van der Waals surface area contributed by atoms with Crippen LogP contribution in [0.15, 0.2) is 0 Å². The number of nitrogens with zero attached hydrogens (tertiary/aromatic N) is 3. The molecule has 2 N–H and O–H groups in total. The van der Waals surface area contributed by atoms with Gasteiger partial charge in [-0.05, 0) is 20.8 Å². The van der Waals surface area contributed by atoms with Crippen molar-refractivity contribution < 1.29 is 19.5 Å². The molecule has 0 aromatic carbocycles. The van der Waals surface area contributed by atoms with E-state index < -0.39 is 17.7 Å². The largest absolute Gasteiger partial charge is 0.392 e. The van der Waals surface area contributed by atoms with E-state index in [1.807, 2.05) is 0 Å². The molecule has 8 nitrogen and oxygen atoms in total. The van der Waals surface area contributed by atoms with Gasteiger partial charge in [0.1, 0.15) is 12.1 Å². The van der Waals surface area contributed by atoms with Crippen LogP contribution in [0, 0.1) is 0 Å². The van der Waals surface area contributed by atoms with E-state index in [0.717, 1.165) is 4.90 Å². The minimum atomic E-state index is -0.951. The summed E-state index contributed by atoms with van der Waals surface area (Å²) in [5, 5.41) is 11.9. The monoisotopic (exact) mass is 312 g/mol. The summed E-state index contributed by atoms with van der Waals surface area (Å²) in [5.74, 6) is -0.600. The first-order valence-electron chi connectivity index (χ1n) is 7.53. The number of aliphatic hydroxyl groups excluding tert-OH is 1. The second-order valence-corrected chi connectivity index (χ2v) is 6.48. The molecule has 0 aliphatic carbocycles. The Morgan fingerprint density at radius 2 is 1.86 bits per heavy atom. The molecule has 4 amide bonds. The van der Waals surface area contributed by atoms with Gasteiger partial charge in [0, 0.05) is 32.7 Å². The topological polar surface area (TPSA) is 93.2 Å². The Morgan fingerprint density at radius 1 is 1.27 bits per heavy atom. The maximum absolute atomic E-state index is 12.3. The first kappa shape index (κ1) is 16.7. The molecule has 124 valence electrons. The lowest BCUT2D eigenvalue weighted by atomic mass is 10.1. The van der Waals surface area contributed by atoms with Gasteiger partial charge in [-0.3, -0.25) is 19.4 Å². The highest BCUT2D eigenvalue weighted by Gasteiger charge is 2.45. The SMILES string of the molecule is C[C@H](O)CN1CCN(C(=O)CN2C(=O)NC(C)(C)C2=O)CC1. The summed E-state index contributed by atoms with van der Waals surface area (Å²) >= 11 is 0. The van der Waals surface area contributed by atoms with Crippen LogP contribution in [0.3, 0.4) is 0 Å². The number of piperazine rings is 1. The Bertz CT molecular complexity index is 469. The minimum Gasteiger partial charge on any atom is -0.392 e. The van der Waals surface area contributed by atoms with Crippen molar-refractivity contribution in [2.24, 2.45) is 0 Å². The fourth-order valence-electron chi connectivity index (χ4n) is 2.75. The van der Waals surface area contributed by atoms with E-state index in [9.17, 15) is 19.5 Å². The Hall–Kier alpha value is -1.67. The second-order valence-electron chi connectivity index (χ2n) is 6.48. The molecule has 8 heteroatoms. The molecular formula is C14H24N4O4. The molecule has 2 saturated heterocycles. The number of carbonyl (C=O) groups excluding carboxylic acids is 3. The number of nitrogens with one attached hydrogen (secondary N) is 1. The van der Waals surface area contributed by atoms with Crippen LogP contribution in [-0.2, 0) is 9.59 Å². The number of hydrogen-bond acceptors (Lipinski definition) is 5. The average Bonchev–Trinajstić information content (AvgIpc) is 2.61. The van der Waals surface area contributed by atoms with Crippen molar-refractivity contribution >= 4 is 17.8 Å². The molecule has 0 aromatic heterocycles. The first-order chi connectivity index (χ1) is 10.2. The maximum atomic E-state index is 12.3. The van der Waals surface area contributed by atoms with E-state index in [1.54, 1.807) is 25.7 Å². The lowest BCUT2D eigenvalue weighted by Crippen LogP contribution is -2.53. The Kier molecular flexibility index (Phi) is 4.72. The number of carbonyl (C=O) groups is 3.